The number of nitrogens with one attached hydrogen (secondary N) is 1. The zero-order valence-corrected chi connectivity index (χ0v) is 10.6. The molecule has 0 heterocycles. The smallest absolute Gasteiger partial charge is 0.0605 e. The number of hydrogen-bond donors (Lipinski definition) is 1. The molecule has 0 bridgehead atoms. The van der Waals surface area contributed by atoms with E-state index in [0.29, 0.717) is 12.1 Å². The van der Waals surface area contributed by atoms with Gasteiger partial charge in [-0.15, -0.1) is 0 Å². The summed E-state index contributed by atoms with van der Waals surface area (Å²) in [7, 11) is 2.04. The largest absolute Gasteiger partial charge is 0.378 e. The maximum atomic E-state index is 5.92. The quantitative estimate of drug-likeness (QED) is 0.669. The maximum Gasteiger partial charge on any atom is 0.0605 e. The van der Waals surface area contributed by atoms with Crippen LogP contribution in [0.4, 0.5) is 0 Å². The second-order valence-corrected chi connectivity index (χ2v) is 4.83. The van der Waals surface area contributed by atoms with E-state index in [1.165, 1.54) is 38.5 Å². The van der Waals surface area contributed by atoms with Gasteiger partial charge in [-0.1, -0.05) is 33.1 Å². The van der Waals surface area contributed by atoms with Crippen molar-refractivity contribution in [3.05, 3.63) is 0 Å². The normalized spacial score (nSPS) is 27.4. The minimum absolute atomic E-state index is 0.540. The van der Waals surface area contributed by atoms with E-state index >= 15 is 0 Å². The average molecular weight is 213 g/mol. The summed E-state index contributed by atoms with van der Waals surface area (Å²) in [6.45, 7) is 5.52. The van der Waals surface area contributed by atoms with E-state index in [0.717, 1.165) is 12.5 Å². The Bertz CT molecular complexity index is 155. The molecule has 1 saturated carbocycles. The highest BCUT2D eigenvalue weighted by Crippen LogP contribution is 2.24. The van der Waals surface area contributed by atoms with E-state index in [2.05, 4.69) is 19.2 Å². The molecule has 1 aliphatic rings. The van der Waals surface area contributed by atoms with Gasteiger partial charge in [-0.3, -0.25) is 0 Å². The van der Waals surface area contributed by atoms with Gasteiger partial charge in [0.15, 0.2) is 0 Å². The van der Waals surface area contributed by atoms with Gasteiger partial charge in [-0.2, -0.15) is 0 Å². The predicted octanol–water partition coefficient (Wildman–Crippen LogP) is 2.97. The molecule has 0 spiro atoms. The number of rotatable bonds is 8. The van der Waals surface area contributed by atoms with Crippen molar-refractivity contribution in [1.29, 1.82) is 0 Å². The van der Waals surface area contributed by atoms with Crippen LogP contribution in [-0.2, 0) is 4.74 Å². The Labute approximate surface area is 94.8 Å². The molecule has 1 fully saturated rings. The van der Waals surface area contributed by atoms with Gasteiger partial charge < -0.3 is 10.1 Å². The molecule has 15 heavy (non-hydrogen) atoms. The Morgan fingerprint density at radius 1 is 1.33 bits per heavy atom. The van der Waals surface area contributed by atoms with Crippen molar-refractivity contribution < 1.29 is 4.74 Å². The topological polar surface area (TPSA) is 21.3 Å². The zero-order valence-electron chi connectivity index (χ0n) is 10.6. The van der Waals surface area contributed by atoms with Gasteiger partial charge in [0.25, 0.3) is 0 Å². The van der Waals surface area contributed by atoms with Crippen LogP contribution in [0.3, 0.4) is 0 Å². The number of unbranched alkanes of at least 4 members (excludes halogenated alkanes) is 1. The monoisotopic (exact) mass is 213 g/mol. The van der Waals surface area contributed by atoms with Crippen LogP contribution in [-0.4, -0.2) is 25.8 Å². The Morgan fingerprint density at radius 3 is 2.60 bits per heavy atom. The van der Waals surface area contributed by atoms with Crippen LogP contribution in [0.5, 0.6) is 0 Å². The van der Waals surface area contributed by atoms with Gasteiger partial charge >= 0.3 is 0 Å². The summed E-state index contributed by atoms with van der Waals surface area (Å²) in [6, 6.07) is 0.714. The van der Waals surface area contributed by atoms with Crippen LogP contribution in [0.25, 0.3) is 0 Å². The molecular formula is C13H27NO. The Balaban J connectivity index is 2.02. The molecule has 90 valence electrons. The summed E-state index contributed by atoms with van der Waals surface area (Å²) >= 11 is 0. The van der Waals surface area contributed by atoms with Crippen molar-refractivity contribution >= 4 is 0 Å². The molecule has 0 saturated heterocycles. The highest BCUT2D eigenvalue weighted by molar-refractivity contribution is 4.84. The Morgan fingerprint density at radius 2 is 2.07 bits per heavy atom. The lowest BCUT2D eigenvalue weighted by molar-refractivity contribution is -0.0325. The van der Waals surface area contributed by atoms with Gasteiger partial charge in [-0.25, -0.2) is 0 Å². The van der Waals surface area contributed by atoms with E-state index in [-0.39, 0.29) is 0 Å². The Kier molecular flexibility index (Phi) is 6.26. The highest BCUT2D eigenvalue weighted by atomic mass is 16.5. The lowest BCUT2D eigenvalue weighted by Gasteiger charge is -2.35. The first-order valence-corrected chi connectivity index (χ1v) is 6.59. The molecular weight excluding hydrogens is 186 g/mol. The summed E-state index contributed by atoms with van der Waals surface area (Å²) in [5, 5.41) is 3.29. The standard InChI is InChI=1S/C13H27NO/c1-4-6-7-11(5-2)10-15-13-8-12(9-13)14-3/h11-14H,4-10H2,1-3H3. The van der Waals surface area contributed by atoms with Crippen LogP contribution >= 0.6 is 0 Å². The molecule has 2 heteroatoms. The number of hydrogen-bond acceptors (Lipinski definition) is 2. The first-order valence-electron chi connectivity index (χ1n) is 6.59. The second kappa shape index (κ2) is 7.24. The van der Waals surface area contributed by atoms with Gasteiger partial charge in [0, 0.05) is 12.6 Å². The van der Waals surface area contributed by atoms with Gasteiger partial charge in [-0.05, 0) is 32.2 Å². The third-order valence-electron chi connectivity index (χ3n) is 3.61. The summed E-state index contributed by atoms with van der Waals surface area (Å²) in [5.41, 5.74) is 0. The summed E-state index contributed by atoms with van der Waals surface area (Å²) in [5.74, 6) is 0.790. The summed E-state index contributed by atoms with van der Waals surface area (Å²) in [6.07, 6.45) is 8.23. The minimum atomic E-state index is 0.540. The van der Waals surface area contributed by atoms with Gasteiger partial charge in [0.2, 0.25) is 0 Å². The van der Waals surface area contributed by atoms with E-state index in [9.17, 15) is 0 Å². The molecule has 0 amide bonds. The fraction of sp³-hybridized carbons (Fsp3) is 1.00. The molecule has 0 aromatic carbocycles. The van der Waals surface area contributed by atoms with E-state index in [4.69, 9.17) is 4.74 Å². The van der Waals surface area contributed by atoms with Crippen LogP contribution in [0, 0.1) is 5.92 Å². The zero-order chi connectivity index (χ0) is 11.1. The molecule has 0 aromatic heterocycles. The first-order chi connectivity index (χ1) is 7.30. The van der Waals surface area contributed by atoms with Crippen LogP contribution in [0.15, 0.2) is 0 Å². The Hall–Kier alpha value is -0.0800. The van der Waals surface area contributed by atoms with E-state index in [1.54, 1.807) is 0 Å². The fourth-order valence-electron chi connectivity index (χ4n) is 2.11. The van der Waals surface area contributed by atoms with Gasteiger partial charge in [0.1, 0.15) is 0 Å². The first kappa shape index (κ1) is 13.0. The fourth-order valence-corrected chi connectivity index (χ4v) is 2.11. The molecule has 0 aliphatic heterocycles. The van der Waals surface area contributed by atoms with Crippen LogP contribution < -0.4 is 5.32 Å². The summed E-state index contributed by atoms with van der Waals surface area (Å²) in [4.78, 5) is 0. The molecule has 1 rings (SSSR count). The van der Waals surface area contributed by atoms with E-state index in [1.807, 2.05) is 7.05 Å². The molecule has 1 unspecified atom stereocenters. The third-order valence-corrected chi connectivity index (χ3v) is 3.61. The average Bonchev–Trinajstić information content (AvgIpc) is 2.20. The van der Waals surface area contributed by atoms with Crippen molar-refractivity contribution in [3.8, 4) is 0 Å². The molecule has 0 radical (unpaired) electrons. The molecule has 0 aromatic rings. The number of ether oxygens (including phenoxy) is 1. The third kappa shape index (κ3) is 4.52. The minimum Gasteiger partial charge on any atom is -0.378 e. The summed E-state index contributed by atoms with van der Waals surface area (Å²) < 4.78 is 5.92. The van der Waals surface area contributed by atoms with Crippen molar-refractivity contribution in [2.45, 2.75) is 64.5 Å². The molecule has 1 atom stereocenters. The van der Waals surface area contributed by atoms with Crippen LogP contribution in [0.1, 0.15) is 52.4 Å². The van der Waals surface area contributed by atoms with E-state index < -0.39 is 0 Å². The van der Waals surface area contributed by atoms with Crippen LogP contribution in [0.2, 0.25) is 0 Å². The second-order valence-electron chi connectivity index (χ2n) is 4.83. The van der Waals surface area contributed by atoms with Crippen molar-refractivity contribution in [2.24, 2.45) is 5.92 Å². The molecule has 1 aliphatic carbocycles. The SMILES string of the molecule is CCCCC(CC)COC1CC(NC)C1. The predicted molar refractivity (Wildman–Crippen MR) is 65.1 cm³/mol. The van der Waals surface area contributed by atoms with Crippen molar-refractivity contribution in [3.63, 3.8) is 0 Å². The van der Waals surface area contributed by atoms with Crippen molar-refractivity contribution in [1.82, 2.24) is 5.32 Å². The maximum absolute atomic E-state index is 5.92. The highest BCUT2D eigenvalue weighted by Gasteiger charge is 2.28. The lowest BCUT2D eigenvalue weighted by atomic mass is 9.89. The van der Waals surface area contributed by atoms with Gasteiger partial charge in [0.05, 0.1) is 6.10 Å². The molecule has 1 N–H and O–H groups in total. The molecule has 2 nitrogen and oxygen atoms in total. The van der Waals surface area contributed by atoms with Crippen molar-refractivity contribution in [2.75, 3.05) is 13.7 Å². The lowest BCUT2D eigenvalue weighted by Crippen LogP contribution is -2.44.